The Morgan fingerprint density at radius 1 is 1.53 bits per heavy atom. The van der Waals surface area contributed by atoms with Crippen LogP contribution in [0.25, 0.3) is 0 Å². The number of halogens is 2. The first-order valence-corrected chi connectivity index (χ1v) is 6.38. The molecule has 0 aliphatic carbocycles. The predicted octanol–water partition coefficient (Wildman–Crippen LogP) is 3.49. The minimum Gasteiger partial charge on any atom is -0.323 e. The first kappa shape index (κ1) is 12.5. The highest BCUT2D eigenvalue weighted by Crippen LogP contribution is 2.25. The number of nitrogens with two attached hydrogens (primary N) is 1. The molecule has 1 atom stereocenters. The average Bonchev–Trinajstić information content (AvgIpc) is 2.72. The summed E-state index contributed by atoms with van der Waals surface area (Å²) in [6.45, 7) is 1.92. The highest BCUT2D eigenvalue weighted by atomic mass is 35.5. The van der Waals surface area contributed by atoms with Crippen molar-refractivity contribution in [2.45, 2.75) is 19.4 Å². The van der Waals surface area contributed by atoms with Crippen LogP contribution in [0.5, 0.6) is 0 Å². The zero-order chi connectivity index (χ0) is 12.4. The van der Waals surface area contributed by atoms with Crippen molar-refractivity contribution in [1.29, 1.82) is 0 Å². The maximum absolute atomic E-state index is 13.7. The molecule has 0 spiro atoms. The fourth-order valence-corrected chi connectivity index (χ4v) is 2.57. The van der Waals surface area contributed by atoms with Gasteiger partial charge in [-0.3, -0.25) is 0 Å². The van der Waals surface area contributed by atoms with Gasteiger partial charge in [0, 0.05) is 17.1 Å². The van der Waals surface area contributed by atoms with Gasteiger partial charge in [0.1, 0.15) is 5.82 Å². The van der Waals surface area contributed by atoms with Gasteiger partial charge in [-0.2, -0.15) is 0 Å². The van der Waals surface area contributed by atoms with E-state index in [0.29, 0.717) is 12.0 Å². The Kier molecular flexibility index (Phi) is 3.76. The minimum atomic E-state index is -0.383. The van der Waals surface area contributed by atoms with Crippen molar-refractivity contribution in [3.63, 3.8) is 0 Å². The molecule has 90 valence electrons. The van der Waals surface area contributed by atoms with Crippen LogP contribution in [0.15, 0.2) is 24.4 Å². The zero-order valence-corrected chi connectivity index (χ0v) is 10.9. The molecule has 0 amide bonds. The van der Waals surface area contributed by atoms with Gasteiger partial charge in [0.25, 0.3) is 0 Å². The zero-order valence-electron chi connectivity index (χ0n) is 9.28. The Labute approximate surface area is 108 Å². The van der Waals surface area contributed by atoms with Crippen LogP contribution < -0.4 is 5.73 Å². The predicted molar refractivity (Wildman–Crippen MR) is 68.9 cm³/mol. The Hall–Kier alpha value is -0.970. The summed E-state index contributed by atoms with van der Waals surface area (Å²) in [6, 6.07) is 4.72. The molecule has 0 saturated heterocycles. The van der Waals surface area contributed by atoms with E-state index in [1.165, 1.54) is 17.4 Å². The molecule has 2 N–H and O–H groups in total. The topological polar surface area (TPSA) is 38.9 Å². The quantitative estimate of drug-likeness (QED) is 0.927. The molecule has 0 saturated carbocycles. The van der Waals surface area contributed by atoms with Crippen molar-refractivity contribution in [3.05, 3.63) is 50.7 Å². The van der Waals surface area contributed by atoms with E-state index in [0.717, 1.165) is 9.88 Å². The highest BCUT2D eigenvalue weighted by molar-refractivity contribution is 7.11. The summed E-state index contributed by atoms with van der Waals surface area (Å²) in [7, 11) is 0. The lowest BCUT2D eigenvalue weighted by Crippen LogP contribution is -2.12. The first-order valence-electron chi connectivity index (χ1n) is 5.18. The highest BCUT2D eigenvalue weighted by Gasteiger charge is 2.14. The maximum Gasteiger partial charge on any atom is 0.145 e. The third-order valence-corrected chi connectivity index (χ3v) is 3.81. The van der Waals surface area contributed by atoms with Crippen LogP contribution >= 0.6 is 22.9 Å². The van der Waals surface area contributed by atoms with E-state index in [1.807, 2.05) is 6.92 Å². The van der Waals surface area contributed by atoms with Gasteiger partial charge in [0.05, 0.1) is 10.0 Å². The van der Waals surface area contributed by atoms with Crippen LogP contribution in [0.4, 0.5) is 4.39 Å². The van der Waals surface area contributed by atoms with E-state index >= 15 is 0 Å². The van der Waals surface area contributed by atoms with Gasteiger partial charge < -0.3 is 5.73 Å². The van der Waals surface area contributed by atoms with Crippen molar-refractivity contribution in [3.8, 4) is 0 Å². The molecule has 5 heteroatoms. The molecule has 1 heterocycles. The van der Waals surface area contributed by atoms with Crippen molar-refractivity contribution in [1.82, 2.24) is 4.98 Å². The van der Waals surface area contributed by atoms with Gasteiger partial charge >= 0.3 is 0 Å². The lowest BCUT2D eigenvalue weighted by Gasteiger charge is -2.10. The van der Waals surface area contributed by atoms with E-state index < -0.39 is 0 Å². The van der Waals surface area contributed by atoms with Crippen LogP contribution in [0.3, 0.4) is 0 Å². The molecule has 2 nitrogen and oxygen atoms in total. The Bertz CT molecular complexity index is 527. The number of benzene rings is 1. The van der Waals surface area contributed by atoms with Gasteiger partial charge in [-0.15, -0.1) is 11.3 Å². The molecule has 0 aliphatic rings. The van der Waals surface area contributed by atoms with Crippen LogP contribution in [0, 0.1) is 12.7 Å². The fraction of sp³-hybridized carbons (Fsp3) is 0.250. The molecular weight excluding hydrogens is 259 g/mol. The van der Waals surface area contributed by atoms with E-state index in [9.17, 15) is 4.39 Å². The summed E-state index contributed by atoms with van der Waals surface area (Å²) in [5, 5.41) is 1.09. The van der Waals surface area contributed by atoms with E-state index in [1.54, 1.807) is 18.3 Å². The van der Waals surface area contributed by atoms with Gasteiger partial charge in [-0.25, -0.2) is 9.37 Å². The summed E-state index contributed by atoms with van der Waals surface area (Å²) in [6.07, 6.45) is 2.17. The Balaban J connectivity index is 2.18. The van der Waals surface area contributed by atoms with Crippen molar-refractivity contribution >= 4 is 22.9 Å². The minimum absolute atomic E-state index is 0.134. The molecular formula is C12H12ClFN2S. The van der Waals surface area contributed by atoms with Crippen molar-refractivity contribution in [2.75, 3.05) is 0 Å². The smallest absolute Gasteiger partial charge is 0.145 e. The molecule has 0 radical (unpaired) electrons. The number of nitrogens with zero attached hydrogens (tertiary/aromatic N) is 1. The SMILES string of the molecule is Cc1ncc(C(N)Cc2cccc(Cl)c2F)s1. The second kappa shape index (κ2) is 5.12. The number of hydrogen-bond acceptors (Lipinski definition) is 3. The molecule has 1 aromatic carbocycles. The Morgan fingerprint density at radius 3 is 2.94 bits per heavy atom. The molecule has 0 aliphatic heterocycles. The maximum atomic E-state index is 13.7. The summed E-state index contributed by atoms with van der Waals surface area (Å²) in [4.78, 5) is 5.10. The van der Waals surface area contributed by atoms with E-state index in [-0.39, 0.29) is 16.9 Å². The second-order valence-corrected chi connectivity index (χ2v) is 5.48. The fourth-order valence-electron chi connectivity index (χ4n) is 1.59. The molecule has 1 unspecified atom stereocenters. The van der Waals surface area contributed by atoms with E-state index in [2.05, 4.69) is 4.98 Å². The van der Waals surface area contributed by atoms with Crippen molar-refractivity contribution < 1.29 is 4.39 Å². The number of thiazole rings is 1. The van der Waals surface area contributed by atoms with E-state index in [4.69, 9.17) is 17.3 Å². The molecule has 0 fully saturated rings. The van der Waals surface area contributed by atoms with Crippen LogP contribution in [0.2, 0.25) is 5.02 Å². The summed E-state index contributed by atoms with van der Waals surface area (Å²) < 4.78 is 13.7. The number of aromatic nitrogens is 1. The normalized spacial score (nSPS) is 12.7. The van der Waals surface area contributed by atoms with Gasteiger partial charge in [0.15, 0.2) is 0 Å². The van der Waals surface area contributed by atoms with Crippen LogP contribution in [-0.2, 0) is 6.42 Å². The summed E-state index contributed by atoms with van der Waals surface area (Å²) in [5.74, 6) is -0.383. The lowest BCUT2D eigenvalue weighted by atomic mass is 10.1. The summed E-state index contributed by atoms with van der Waals surface area (Å²) >= 11 is 7.26. The average molecular weight is 271 g/mol. The number of hydrogen-bond donors (Lipinski definition) is 1. The second-order valence-electron chi connectivity index (χ2n) is 3.81. The molecule has 0 bridgehead atoms. The Morgan fingerprint density at radius 2 is 2.29 bits per heavy atom. The third kappa shape index (κ3) is 2.83. The molecule has 17 heavy (non-hydrogen) atoms. The largest absolute Gasteiger partial charge is 0.323 e. The van der Waals surface area contributed by atoms with Crippen molar-refractivity contribution in [2.24, 2.45) is 5.73 Å². The number of aryl methyl sites for hydroxylation is 1. The standard InChI is InChI=1S/C12H12ClFN2S/c1-7-16-6-11(17-7)10(15)5-8-3-2-4-9(13)12(8)14/h2-4,6,10H,5,15H2,1H3. The van der Waals surface area contributed by atoms with Crippen LogP contribution in [0.1, 0.15) is 21.5 Å². The monoisotopic (exact) mass is 270 g/mol. The van der Waals surface area contributed by atoms with Gasteiger partial charge in [-0.1, -0.05) is 23.7 Å². The molecule has 2 rings (SSSR count). The van der Waals surface area contributed by atoms with Gasteiger partial charge in [-0.05, 0) is 25.0 Å². The number of rotatable bonds is 3. The lowest BCUT2D eigenvalue weighted by molar-refractivity contribution is 0.595. The molecule has 2 aromatic rings. The van der Waals surface area contributed by atoms with Gasteiger partial charge in [0.2, 0.25) is 0 Å². The third-order valence-electron chi connectivity index (χ3n) is 2.48. The molecule has 1 aromatic heterocycles. The summed E-state index contributed by atoms with van der Waals surface area (Å²) in [5.41, 5.74) is 6.56. The van der Waals surface area contributed by atoms with Crippen LogP contribution in [-0.4, -0.2) is 4.98 Å². The first-order chi connectivity index (χ1) is 8.08.